The Bertz CT molecular complexity index is 613. The van der Waals surface area contributed by atoms with Crippen LogP contribution in [-0.4, -0.2) is 42.0 Å². The Hall–Kier alpha value is -2.08. The van der Waals surface area contributed by atoms with Crippen molar-refractivity contribution >= 4 is 17.6 Å². The van der Waals surface area contributed by atoms with Crippen LogP contribution in [0.4, 0.5) is 10.5 Å². The average molecular weight is 332 g/mol. The second kappa shape index (κ2) is 7.21. The Morgan fingerprint density at radius 3 is 2.58 bits per heavy atom. The number of hydrogen-bond acceptors (Lipinski definition) is 3. The first-order chi connectivity index (χ1) is 11.2. The number of carbonyl (C=O) groups excluding carboxylic acids is 2. The van der Waals surface area contributed by atoms with Gasteiger partial charge in [0.1, 0.15) is 0 Å². The predicted molar refractivity (Wildman–Crippen MR) is 96.0 cm³/mol. The van der Waals surface area contributed by atoms with E-state index < -0.39 is 0 Å². The zero-order valence-corrected chi connectivity index (χ0v) is 14.9. The molecule has 1 atom stereocenters. The number of piperidine rings is 1. The Morgan fingerprint density at radius 2 is 1.96 bits per heavy atom. The summed E-state index contributed by atoms with van der Waals surface area (Å²) in [7, 11) is 0. The number of urea groups is 1. The topological polar surface area (TPSA) is 87.5 Å². The minimum absolute atomic E-state index is 0.0252. The van der Waals surface area contributed by atoms with Gasteiger partial charge in [-0.05, 0) is 37.8 Å². The number of nitrogens with one attached hydrogen (secondary N) is 2. The summed E-state index contributed by atoms with van der Waals surface area (Å²) in [5.74, 6) is -0.0737. The Morgan fingerprint density at radius 1 is 1.29 bits per heavy atom. The lowest BCUT2D eigenvalue weighted by atomic mass is 9.79. The molecule has 24 heavy (non-hydrogen) atoms. The summed E-state index contributed by atoms with van der Waals surface area (Å²) in [6.07, 6.45) is 0.780. The summed E-state index contributed by atoms with van der Waals surface area (Å²) in [5.41, 5.74) is 7.06. The first kappa shape index (κ1) is 18.3. The predicted octanol–water partition coefficient (Wildman–Crippen LogP) is 2.42. The van der Waals surface area contributed by atoms with Crippen LogP contribution in [0, 0.1) is 5.41 Å². The monoisotopic (exact) mass is 332 g/mol. The van der Waals surface area contributed by atoms with Gasteiger partial charge in [0.05, 0.1) is 11.3 Å². The van der Waals surface area contributed by atoms with Crippen LogP contribution in [-0.2, 0) is 0 Å². The third-order valence-electron chi connectivity index (χ3n) is 4.42. The molecule has 0 aromatic heterocycles. The van der Waals surface area contributed by atoms with Crippen LogP contribution < -0.4 is 16.4 Å². The summed E-state index contributed by atoms with van der Waals surface area (Å²) in [6, 6.07) is 6.90. The van der Waals surface area contributed by atoms with E-state index in [0.717, 1.165) is 6.42 Å². The van der Waals surface area contributed by atoms with Crippen molar-refractivity contribution in [2.45, 2.75) is 46.2 Å². The zero-order valence-electron chi connectivity index (χ0n) is 14.9. The number of nitrogens with zero attached hydrogens (tertiary/aromatic N) is 1. The summed E-state index contributed by atoms with van der Waals surface area (Å²) in [4.78, 5) is 26.7. The number of carbonyl (C=O) groups is 2. The molecule has 6 nitrogen and oxygen atoms in total. The molecule has 0 radical (unpaired) electrons. The molecule has 1 aromatic rings. The second-order valence-electron chi connectivity index (χ2n) is 7.41. The molecule has 0 aliphatic carbocycles. The molecule has 0 spiro atoms. The zero-order chi connectivity index (χ0) is 17.9. The summed E-state index contributed by atoms with van der Waals surface area (Å²) in [5, 5.41) is 5.53. The lowest BCUT2D eigenvalue weighted by molar-refractivity contribution is 0.0534. The maximum atomic E-state index is 12.9. The van der Waals surface area contributed by atoms with E-state index in [1.54, 1.807) is 24.3 Å². The molecular formula is C18H28N4O2. The van der Waals surface area contributed by atoms with E-state index in [2.05, 4.69) is 24.5 Å². The molecule has 0 bridgehead atoms. The van der Waals surface area contributed by atoms with Crippen molar-refractivity contribution in [1.82, 2.24) is 10.2 Å². The SMILES string of the molecule is CC(C)NC(=O)Nc1ccccc1C(=O)N1CCC(N)C(C)(C)C1. The number of rotatable bonds is 3. The molecule has 1 aliphatic heterocycles. The van der Waals surface area contributed by atoms with E-state index in [9.17, 15) is 9.59 Å². The van der Waals surface area contributed by atoms with Crippen LogP contribution in [0.2, 0.25) is 0 Å². The molecule has 1 aromatic carbocycles. The Balaban J connectivity index is 2.17. The molecule has 1 unspecified atom stereocenters. The highest BCUT2D eigenvalue weighted by molar-refractivity contribution is 6.03. The number of nitrogens with two attached hydrogens (primary N) is 1. The van der Waals surface area contributed by atoms with Crippen LogP contribution in [0.3, 0.4) is 0 Å². The van der Waals surface area contributed by atoms with Gasteiger partial charge in [-0.1, -0.05) is 26.0 Å². The Labute approximate surface area is 143 Å². The van der Waals surface area contributed by atoms with Crippen molar-refractivity contribution in [2.24, 2.45) is 11.1 Å². The van der Waals surface area contributed by atoms with Crippen LogP contribution >= 0.6 is 0 Å². The summed E-state index contributed by atoms with van der Waals surface area (Å²) < 4.78 is 0. The van der Waals surface area contributed by atoms with E-state index in [0.29, 0.717) is 24.3 Å². The molecular weight excluding hydrogens is 304 g/mol. The molecule has 6 heteroatoms. The van der Waals surface area contributed by atoms with Crippen molar-refractivity contribution in [2.75, 3.05) is 18.4 Å². The molecule has 1 fully saturated rings. The second-order valence-corrected chi connectivity index (χ2v) is 7.41. The maximum absolute atomic E-state index is 12.9. The summed E-state index contributed by atoms with van der Waals surface area (Å²) in [6.45, 7) is 9.18. The maximum Gasteiger partial charge on any atom is 0.319 e. The fourth-order valence-corrected chi connectivity index (χ4v) is 2.92. The van der Waals surface area contributed by atoms with Crippen LogP contribution in [0.5, 0.6) is 0 Å². The highest BCUT2D eigenvalue weighted by Gasteiger charge is 2.36. The van der Waals surface area contributed by atoms with Gasteiger partial charge in [0, 0.05) is 25.2 Å². The van der Waals surface area contributed by atoms with E-state index >= 15 is 0 Å². The lowest BCUT2D eigenvalue weighted by Crippen LogP contribution is -2.54. The number of hydrogen-bond donors (Lipinski definition) is 3. The van der Waals surface area contributed by atoms with Crippen LogP contribution in [0.25, 0.3) is 0 Å². The third-order valence-corrected chi connectivity index (χ3v) is 4.42. The van der Waals surface area contributed by atoms with Crippen molar-refractivity contribution in [3.05, 3.63) is 29.8 Å². The molecule has 3 amide bonds. The number of anilines is 1. The largest absolute Gasteiger partial charge is 0.338 e. The number of amides is 3. The quantitative estimate of drug-likeness (QED) is 0.794. The fourth-order valence-electron chi connectivity index (χ4n) is 2.92. The minimum atomic E-state index is -0.314. The van der Waals surface area contributed by atoms with Gasteiger partial charge in [-0.2, -0.15) is 0 Å². The third kappa shape index (κ3) is 4.26. The molecule has 132 valence electrons. The highest BCUT2D eigenvalue weighted by atomic mass is 16.2. The smallest absolute Gasteiger partial charge is 0.319 e. The number of likely N-dealkylation sites (tertiary alicyclic amines) is 1. The molecule has 1 heterocycles. The van der Waals surface area contributed by atoms with Crippen LogP contribution in [0.1, 0.15) is 44.5 Å². The normalized spacial score (nSPS) is 19.9. The van der Waals surface area contributed by atoms with E-state index in [-0.39, 0.29) is 29.4 Å². The van der Waals surface area contributed by atoms with Crippen molar-refractivity contribution < 1.29 is 9.59 Å². The average Bonchev–Trinajstić information content (AvgIpc) is 2.49. The molecule has 0 saturated carbocycles. The molecule has 2 rings (SSSR count). The van der Waals surface area contributed by atoms with Crippen molar-refractivity contribution in [3.8, 4) is 0 Å². The minimum Gasteiger partial charge on any atom is -0.338 e. The van der Waals surface area contributed by atoms with Gasteiger partial charge < -0.3 is 21.3 Å². The van der Waals surface area contributed by atoms with E-state index in [1.165, 1.54) is 0 Å². The van der Waals surface area contributed by atoms with E-state index in [4.69, 9.17) is 5.73 Å². The lowest BCUT2D eigenvalue weighted by Gasteiger charge is -2.42. The fraction of sp³-hybridized carbons (Fsp3) is 0.556. The van der Waals surface area contributed by atoms with E-state index in [1.807, 2.05) is 18.7 Å². The van der Waals surface area contributed by atoms with Gasteiger partial charge in [0.2, 0.25) is 0 Å². The van der Waals surface area contributed by atoms with Gasteiger partial charge in [-0.3, -0.25) is 4.79 Å². The van der Waals surface area contributed by atoms with Crippen molar-refractivity contribution in [1.29, 1.82) is 0 Å². The number of para-hydroxylation sites is 1. The van der Waals surface area contributed by atoms with Gasteiger partial charge in [-0.25, -0.2) is 4.79 Å². The first-order valence-electron chi connectivity index (χ1n) is 8.42. The first-order valence-corrected chi connectivity index (χ1v) is 8.42. The van der Waals surface area contributed by atoms with Gasteiger partial charge >= 0.3 is 6.03 Å². The Kier molecular flexibility index (Phi) is 5.49. The van der Waals surface area contributed by atoms with Gasteiger partial charge in [-0.15, -0.1) is 0 Å². The van der Waals surface area contributed by atoms with Gasteiger partial charge in [0.15, 0.2) is 0 Å². The van der Waals surface area contributed by atoms with Crippen LogP contribution in [0.15, 0.2) is 24.3 Å². The molecule has 1 saturated heterocycles. The molecule has 1 aliphatic rings. The van der Waals surface area contributed by atoms with Gasteiger partial charge in [0.25, 0.3) is 5.91 Å². The summed E-state index contributed by atoms with van der Waals surface area (Å²) >= 11 is 0. The van der Waals surface area contributed by atoms with Crippen molar-refractivity contribution in [3.63, 3.8) is 0 Å². The number of benzene rings is 1. The highest BCUT2D eigenvalue weighted by Crippen LogP contribution is 2.29. The molecule has 4 N–H and O–H groups in total. The standard InChI is InChI=1S/C18H28N4O2/c1-12(2)20-17(24)21-14-8-6-5-7-13(14)16(23)22-10-9-15(19)18(3,4)11-22/h5-8,12,15H,9-11,19H2,1-4H3,(H2,20,21,24).